The number of halogens is 2. The molecule has 2 rings (SSSR count). The average Bonchev–Trinajstić information content (AvgIpc) is 2.73. The second kappa shape index (κ2) is 6.20. The van der Waals surface area contributed by atoms with Gasteiger partial charge in [0.2, 0.25) is 0 Å². The van der Waals surface area contributed by atoms with Gasteiger partial charge in [0.1, 0.15) is 5.02 Å². The number of rotatable bonds is 3. The third kappa shape index (κ3) is 3.30. The first-order chi connectivity index (χ1) is 9.81. The molecule has 1 N–H and O–H groups in total. The van der Waals surface area contributed by atoms with Gasteiger partial charge in [0.05, 0.1) is 9.95 Å². The predicted octanol–water partition coefficient (Wildman–Crippen LogP) is 4.07. The van der Waals surface area contributed by atoms with Crippen molar-refractivity contribution in [2.45, 2.75) is 32.7 Å². The van der Waals surface area contributed by atoms with E-state index >= 15 is 0 Å². The number of carbonyl (C=O) groups is 1. The van der Waals surface area contributed by atoms with Crippen LogP contribution >= 0.6 is 23.2 Å². The Morgan fingerprint density at radius 1 is 1.33 bits per heavy atom. The summed E-state index contributed by atoms with van der Waals surface area (Å²) in [6.07, 6.45) is 1.98. The second-order valence-electron chi connectivity index (χ2n) is 5.54. The summed E-state index contributed by atoms with van der Waals surface area (Å²) < 4.78 is 0. The van der Waals surface area contributed by atoms with Crippen LogP contribution < -0.4 is 5.32 Å². The predicted molar refractivity (Wildman–Crippen MR) is 81.9 cm³/mol. The first kappa shape index (κ1) is 16.0. The summed E-state index contributed by atoms with van der Waals surface area (Å²) in [7, 11) is 0. The van der Waals surface area contributed by atoms with Crippen molar-refractivity contribution in [3.05, 3.63) is 37.9 Å². The topological polar surface area (TPSA) is 72.2 Å². The van der Waals surface area contributed by atoms with Gasteiger partial charge in [0, 0.05) is 17.7 Å². The highest BCUT2D eigenvalue weighted by atomic mass is 35.5. The lowest BCUT2D eigenvalue weighted by atomic mass is 9.97. The second-order valence-corrected chi connectivity index (χ2v) is 6.33. The van der Waals surface area contributed by atoms with Crippen molar-refractivity contribution in [3.8, 4) is 0 Å². The van der Waals surface area contributed by atoms with Crippen molar-refractivity contribution in [2.75, 3.05) is 0 Å². The van der Waals surface area contributed by atoms with E-state index in [4.69, 9.17) is 23.2 Å². The Balaban J connectivity index is 2.22. The molecule has 7 heteroatoms. The van der Waals surface area contributed by atoms with Crippen LogP contribution in [0.5, 0.6) is 0 Å². The minimum absolute atomic E-state index is 0.00357. The van der Waals surface area contributed by atoms with Gasteiger partial charge in [-0.15, -0.1) is 0 Å². The van der Waals surface area contributed by atoms with Gasteiger partial charge >= 0.3 is 0 Å². The lowest BCUT2D eigenvalue weighted by Crippen LogP contribution is -2.37. The third-order valence-corrected chi connectivity index (χ3v) is 5.04. The molecule has 0 aromatic heterocycles. The molecule has 0 saturated heterocycles. The number of hydrogen-bond acceptors (Lipinski definition) is 3. The van der Waals surface area contributed by atoms with Gasteiger partial charge in [0.25, 0.3) is 11.6 Å². The molecule has 1 saturated carbocycles. The fourth-order valence-electron chi connectivity index (χ4n) is 2.66. The quantitative estimate of drug-likeness (QED) is 0.670. The Morgan fingerprint density at radius 2 is 2.00 bits per heavy atom. The highest BCUT2D eigenvalue weighted by Crippen LogP contribution is 2.34. The maximum absolute atomic E-state index is 12.3. The molecule has 0 heterocycles. The van der Waals surface area contributed by atoms with E-state index in [1.165, 1.54) is 6.07 Å². The SMILES string of the molecule is CC1CCC(NC(=O)c2cc(Cl)c(Cl)c([N+](=O)[O-])c2)C1C. The van der Waals surface area contributed by atoms with Crippen LogP contribution in [0.2, 0.25) is 10.0 Å². The molecule has 3 unspecified atom stereocenters. The van der Waals surface area contributed by atoms with Crippen LogP contribution in [0, 0.1) is 22.0 Å². The van der Waals surface area contributed by atoms with Crippen LogP contribution in [0.15, 0.2) is 12.1 Å². The molecule has 0 radical (unpaired) electrons. The summed E-state index contributed by atoms with van der Waals surface area (Å²) >= 11 is 11.6. The smallest absolute Gasteiger partial charge is 0.290 e. The number of nitro benzene ring substituents is 1. The molecule has 1 aromatic carbocycles. The molecule has 1 aliphatic carbocycles. The zero-order valence-electron chi connectivity index (χ0n) is 11.7. The third-order valence-electron chi connectivity index (χ3n) is 4.25. The molecule has 0 spiro atoms. The fraction of sp³-hybridized carbons (Fsp3) is 0.500. The standard InChI is InChI=1S/C14H16Cl2N2O3/c1-7-3-4-11(8(7)2)17-14(19)9-5-10(15)13(16)12(6-9)18(20)21/h5-8,11H,3-4H2,1-2H3,(H,17,19). The van der Waals surface area contributed by atoms with E-state index in [1.807, 2.05) is 0 Å². The van der Waals surface area contributed by atoms with Crippen LogP contribution in [0.25, 0.3) is 0 Å². The molecule has 1 fully saturated rings. The van der Waals surface area contributed by atoms with Crippen LogP contribution in [-0.4, -0.2) is 16.9 Å². The van der Waals surface area contributed by atoms with Gasteiger partial charge < -0.3 is 5.32 Å². The lowest BCUT2D eigenvalue weighted by Gasteiger charge is -2.19. The van der Waals surface area contributed by atoms with Crippen molar-refractivity contribution in [2.24, 2.45) is 11.8 Å². The molecule has 1 aliphatic rings. The maximum atomic E-state index is 12.3. The Morgan fingerprint density at radius 3 is 2.52 bits per heavy atom. The number of amides is 1. The molecular formula is C14H16Cl2N2O3. The molecule has 3 atom stereocenters. The summed E-state index contributed by atoms with van der Waals surface area (Å²) in [5, 5.41) is 13.7. The van der Waals surface area contributed by atoms with E-state index in [9.17, 15) is 14.9 Å². The Kier molecular flexibility index (Phi) is 4.74. The van der Waals surface area contributed by atoms with E-state index in [1.54, 1.807) is 0 Å². The zero-order valence-corrected chi connectivity index (χ0v) is 13.2. The van der Waals surface area contributed by atoms with Gasteiger partial charge in [0.15, 0.2) is 0 Å². The number of carbonyl (C=O) groups excluding carboxylic acids is 1. The zero-order chi connectivity index (χ0) is 15.7. The number of nitro groups is 1. The van der Waals surface area contributed by atoms with Gasteiger partial charge in [-0.2, -0.15) is 0 Å². The normalized spacial score (nSPS) is 24.9. The fourth-order valence-corrected chi connectivity index (χ4v) is 3.05. The first-order valence-corrected chi connectivity index (χ1v) is 7.51. The van der Waals surface area contributed by atoms with E-state index < -0.39 is 4.92 Å². The van der Waals surface area contributed by atoms with Gasteiger partial charge in [-0.3, -0.25) is 14.9 Å². The number of benzene rings is 1. The van der Waals surface area contributed by atoms with Gasteiger partial charge in [-0.25, -0.2) is 0 Å². The average molecular weight is 331 g/mol. The van der Waals surface area contributed by atoms with Crippen molar-refractivity contribution >= 4 is 34.8 Å². The Labute approximate surface area is 132 Å². The largest absolute Gasteiger partial charge is 0.349 e. The summed E-state index contributed by atoms with van der Waals surface area (Å²) in [6.45, 7) is 4.25. The molecule has 0 bridgehead atoms. The van der Waals surface area contributed by atoms with Gasteiger partial charge in [-0.1, -0.05) is 37.0 Å². The summed E-state index contributed by atoms with van der Waals surface area (Å²) in [4.78, 5) is 22.5. The van der Waals surface area contributed by atoms with Crippen molar-refractivity contribution in [3.63, 3.8) is 0 Å². The summed E-state index contributed by atoms with van der Waals surface area (Å²) in [5.74, 6) is 0.577. The summed E-state index contributed by atoms with van der Waals surface area (Å²) in [6, 6.07) is 2.60. The van der Waals surface area contributed by atoms with Crippen LogP contribution in [-0.2, 0) is 0 Å². The van der Waals surface area contributed by atoms with Crippen molar-refractivity contribution in [1.82, 2.24) is 5.32 Å². The van der Waals surface area contributed by atoms with E-state index in [0.29, 0.717) is 11.8 Å². The van der Waals surface area contributed by atoms with Crippen LogP contribution in [0.3, 0.4) is 0 Å². The number of nitrogens with zero attached hydrogens (tertiary/aromatic N) is 1. The van der Waals surface area contributed by atoms with Crippen LogP contribution in [0.1, 0.15) is 37.0 Å². The lowest BCUT2D eigenvalue weighted by molar-refractivity contribution is -0.384. The maximum Gasteiger partial charge on any atom is 0.290 e. The van der Waals surface area contributed by atoms with E-state index in [-0.39, 0.29) is 33.2 Å². The molecule has 0 aliphatic heterocycles. The molecule has 1 aromatic rings. The Bertz CT molecular complexity index is 592. The molecule has 114 valence electrons. The highest BCUT2D eigenvalue weighted by Gasteiger charge is 2.31. The first-order valence-electron chi connectivity index (χ1n) is 6.75. The minimum atomic E-state index is -0.648. The van der Waals surface area contributed by atoms with E-state index in [2.05, 4.69) is 19.2 Å². The monoisotopic (exact) mass is 330 g/mol. The Hall–Kier alpha value is -1.33. The van der Waals surface area contributed by atoms with Crippen molar-refractivity contribution in [1.29, 1.82) is 0 Å². The molecular weight excluding hydrogens is 315 g/mol. The van der Waals surface area contributed by atoms with Crippen LogP contribution in [0.4, 0.5) is 5.69 Å². The summed E-state index contributed by atoms with van der Waals surface area (Å²) in [5.41, 5.74) is -0.204. The molecule has 5 nitrogen and oxygen atoms in total. The number of nitrogens with one attached hydrogen (secondary N) is 1. The minimum Gasteiger partial charge on any atom is -0.349 e. The highest BCUT2D eigenvalue weighted by molar-refractivity contribution is 6.43. The number of hydrogen-bond donors (Lipinski definition) is 1. The van der Waals surface area contributed by atoms with E-state index in [0.717, 1.165) is 18.9 Å². The molecule has 21 heavy (non-hydrogen) atoms. The molecule has 1 amide bonds. The van der Waals surface area contributed by atoms with Gasteiger partial charge in [-0.05, 0) is 30.7 Å². The van der Waals surface area contributed by atoms with Crippen molar-refractivity contribution < 1.29 is 9.72 Å².